The molecule has 2 aromatic carbocycles. The Morgan fingerprint density at radius 3 is 2.23 bits per heavy atom. The number of aliphatic carboxylic acids is 1. The molecular formula is C28H34N2O5. The van der Waals surface area contributed by atoms with E-state index >= 15 is 0 Å². The monoisotopic (exact) mass is 478 g/mol. The SMILES string of the molecule is CCC(CCC(=O)O)NC(=O)CC1(CNC(=O)OCC2c3ccccc3-c3ccccc32)CCC1. The highest BCUT2D eigenvalue weighted by molar-refractivity contribution is 5.79. The molecule has 1 atom stereocenters. The molecule has 2 aliphatic carbocycles. The van der Waals surface area contributed by atoms with Gasteiger partial charge in [-0.3, -0.25) is 9.59 Å². The molecular weight excluding hydrogens is 444 g/mol. The number of hydrogen-bond acceptors (Lipinski definition) is 4. The van der Waals surface area contributed by atoms with Crippen LogP contribution in [0.25, 0.3) is 11.1 Å². The summed E-state index contributed by atoms with van der Waals surface area (Å²) in [5.41, 5.74) is 4.44. The number of ether oxygens (including phenoxy) is 1. The Bertz CT molecular complexity index is 1030. The first kappa shape index (κ1) is 24.8. The number of carbonyl (C=O) groups is 3. The largest absolute Gasteiger partial charge is 0.481 e. The molecule has 0 bridgehead atoms. The van der Waals surface area contributed by atoms with Crippen molar-refractivity contribution in [1.29, 1.82) is 0 Å². The average molecular weight is 479 g/mol. The minimum Gasteiger partial charge on any atom is -0.481 e. The first-order valence-electron chi connectivity index (χ1n) is 12.5. The lowest BCUT2D eigenvalue weighted by Crippen LogP contribution is -2.46. The van der Waals surface area contributed by atoms with Crippen LogP contribution in [0, 0.1) is 5.41 Å². The number of carbonyl (C=O) groups excluding carboxylic acids is 2. The van der Waals surface area contributed by atoms with E-state index in [1.807, 2.05) is 31.2 Å². The van der Waals surface area contributed by atoms with Crippen LogP contribution in [0.5, 0.6) is 0 Å². The summed E-state index contributed by atoms with van der Waals surface area (Å²) in [5, 5.41) is 14.8. The molecule has 3 N–H and O–H groups in total. The quantitative estimate of drug-likeness (QED) is 0.428. The second-order valence-electron chi connectivity index (χ2n) is 9.81. The highest BCUT2D eigenvalue weighted by Gasteiger charge is 2.39. The van der Waals surface area contributed by atoms with Gasteiger partial charge in [-0.2, -0.15) is 0 Å². The highest BCUT2D eigenvalue weighted by Crippen LogP contribution is 2.45. The van der Waals surface area contributed by atoms with Crippen molar-refractivity contribution < 1.29 is 24.2 Å². The van der Waals surface area contributed by atoms with E-state index in [0.29, 0.717) is 25.8 Å². The van der Waals surface area contributed by atoms with Crippen molar-refractivity contribution in [2.75, 3.05) is 13.2 Å². The van der Waals surface area contributed by atoms with Crippen LogP contribution in [0.3, 0.4) is 0 Å². The van der Waals surface area contributed by atoms with Gasteiger partial charge in [0, 0.05) is 31.3 Å². The second kappa shape index (κ2) is 10.9. The summed E-state index contributed by atoms with van der Waals surface area (Å²) in [5.74, 6) is -0.940. The summed E-state index contributed by atoms with van der Waals surface area (Å²) in [6, 6.07) is 16.3. The Morgan fingerprint density at radius 1 is 1.06 bits per heavy atom. The third-order valence-corrected chi connectivity index (χ3v) is 7.47. The predicted octanol–water partition coefficient (Wildman–Crippen LogP) is 4.85. The summed E-state index contributed by atoms with van der Waals surface area (Å²) in [6.45, 7) is 2.59. The fourth-order valence-electron chi connectivity index (χ4n) is 5.30. The summed E-state index contributed by atoms with van der Waals surface area (Å²) in [7, 11) is 0. The van der Waals surface area contributed by atoms with E-state index in [1.165, 1.54) is 22.3 Å². The summed E-state index contributed by atoms with van der Waals surface area (Å²) < 4.78 is 5.64. The van der Waals surface area contributed by atoms with Crippen molar-refractivity contribution in [2.24, 2.45) is 5.41 Å². The number of hydrogen-bond donors (Lipinski definition) is 3. The van der Waals surface area contributed by atoms with Crippen molar-refractivity contribution in [1.82, 2.24) is 10.6 Å². The Labute approximate surface area is 206 Å². The van der Waals surface area contributed by atoms with Gasteiger partial charge < -0.3 is 20.5 Å². The van der Waals surface area contributed by atoms with Crippen LogP contribution in [-0.4, -0.2) is 42.3 Å². The molecule has 7 nitrogen and oxygen atoms in total. The van der Waals surface area contributed by atoms with E-state index in [-0.39, 0.29) is 36.3 Å². The maximum Gasteiger partial charge on any atom is 0.407 e. The van der Waals surface area contributed by atoms with E-state index in [9.17, 15) is 14.4 Å². The summed E-state index contributed by atoms with van der Waals surface area (Å²) >= 11 is 0. The lowest BCUT2D eigenvalue weighted by atomic mass is 9.66. The number of fused-ring (bicyclic) bond motifs is 3. The fraction of sp³-hybridized carbons (Fsp3) is 0.464. The third kappa shape index (κ3) is 5.84. The molecule has 0 spiro atoms. The Hall–Kier alpha value is -3.35. The van der Waals surface area contributed by atoms with E-state index in [1.54, 1.807) is 0 Å². The number of rotatable bonds is 11. The number of carboxylic acid groups (broad SMARTS) is 1. The molecule has 1 fully saturated rings. The maximum absolute atomic E-state index is 12.6. The fourth-order valence-corrected chi connectivity index (χ4v) is 5.30. The smallest absolute Gasteiger partial charge is 0.407 e. The zero-order chi connectivity index (χ0) is 24.8. The number of alkyl carbamates (subject to hydrolysis) is 1. The van der Waals surface area contributed by atoms with Crippen LogP contribution in [0.4, 0.5) is 4.79 Å². The van der Waals surface area contributed by atoms with Crippen molar-refractivity contribution in [3.8, 4) is 11.1 Å². The standard InChI is InChI=1S/C28H34N2O5/c1-2-19(12-13-26(32)33)30-25(31)16-28(14-7-15-28)18-29-27(34)35-17-24-22-10-5-3-8-20(22)21-9-4-6-11-23(21)24/h3-6,8-11,19,24H,2,7,12-18H2,1H3,(H,29,34)(H,30,31)(H,32,33). The van der Waals surface area contributed by atoms with Gasteiger partial charge >= 0.3 is 12.1 Å². The topological polar surface area (TPSA) is 105 Å². The molecule has 1 saturated carbocycles. The van der Waals surface area contributed by atoms with Crippen molar-refractivity contribution in [3.63, 3.8) is 0 Å². The van der Waals surface area contributed by atoms with Crippen LogP contribution in [0.15, 0.2) is 48.5 Å². The normalized spacial score (nSPS) is 16.4. The first-order chi connectivity index (χ1) is 16.9. The van der Waals surface area contributed by atoms with Crippen LogP contribution in [-0.2, 0) is 14.3 Å². The third-order valence-electron chi connectivity index (χ3n) is 7.47. The van der Waals surface area contributed by atoms with Gasteiger partial charge in [0.15, 0.2) is 0 Å². The van der Waals surface area contributed by atoms with Crippen LogP contribution < -0.4 is 10.6 Å². The Balaban J connectivity index is 1.28. The number of nitrogens with one attached hydrogen (secondary N) is 2. The molecule has 2 aromatic rings. The predicted molar refractivity (Wildman–Crippen MR) is 133 cm³/mol. The van der Waals surface area contributed by atoms with Gasteiger partial charge in [0.1, 0.15) is 6.61 Å². The van der Waals surface area contributed by atoms with Crippen LogP contribution in [0.2, 0.25) is 0 Å². The lowest BCUT2D eigenvalue weighted by molar-refractivity contribution is -0.137. The molecule has 2 aliphatic rings. The molecule has 0 aliphatic heterocycles. The summed E-state index contributed by atoms with van der Waals surface area (Å²) in [4.78, 5) is 36.1. The molecule has 0 radical (unpaired) electrons. The minimum atomic E-state index is -0.861. The number of amides is 2. The average Bonchev–Trinajstić information content (AvgIpc) is 3.15. The number of carboxylic acids is 1. The molecule has 186 valence electrons. The van der Waals surface area contributed by atoms with Gasteiger partial charge in [-0.15, -0.1) is 0 Å². The van der Waals surface area contributed by atoms with Gasteiger partial charge in [0.05, 0.1) is 0 Å². The van der Waals surface area contributed by atoms with Crippen molar-refractivity contribution in [3.05, 3.63) is 59.7 Å². The summed E-state index contributed by atoms with van der Waals surface area (Å²) in [6.07, 6.45) is 3.76. The van der Waals surface area contributed by atoms with Crippen molar-refractivity contribution >= 4 is 18.0 Å². The van der Waals surface area contributed by atoms with Crippen LogP contribution in [0.1, 0.15) is 68.9 Å². The lowest BCUT2D eigenvalue weighted by Gasteiger charge is -2.41. The van der Waals surface area contributed by atoms with Gasteiger partial charge in [0.2, 0.25) is 5.91 Å². The van der Waals surface area contributed by atoms with Crippen LogP contribution >= 0.6 is 0 Å². The molecule has 1 unspecified atom stereocenters. The number of benzene rings is 2. The van der Waals surface area contributed by atoms with Crippen molar-refractivity contribution in [2.45, 2.75) is 63.8 Å². The Morgan fingerprint density at radius 2 is 1.69 bits per heavy atom. The van der Waals surface area contributed by atoms with Gasteiger partial charge in [-0.1, -0.05) is 61.9 Å². The molecule has 0 aromatic heterocycles. The molecule has 2 amide bonds. The highest BCUT2D eigenvalue weighted by atomic mass is 16.5. The first-order valence-corrected chi connectivity index (χ1v) is 12.5. The van der Waals surface area contributed by atoms with Gasteiger partial charge in [-0.05, 0) is 53.4 Å². The Kier molecular flexibility index (Phi) is 7.73. The molecule has 0 heterocycles. The van der Waals surface area contributed by atoms with Gasteiger partial charge in [0.25, 0.3) is 0 Å². The molecule has 0 saturated heterocycles. The van der Waals surface area contributed by atoms with E-state index in [4.69, 9.17) is 9.84 Å². The van der Waals surface area contributed by atoms with E-state index in [2.05, 4.69) is 34.9 Å². The molecule has 35 heavy (non-hydrogen) atoms. The minimum absolute atomic E-state index is 0.00775. The molecule has 7 heteroatoms. The van der Waals surface area contributed by atoms with Gasteiger partial charge in [-0.25, -0.2) is 4.79 Å². The maximum atomic E-state index is 12.6. The second-order valence-corrected chi connectivity index (χ2v) is 9.81. The van der Waals surface area contributed by atoms with E-state index in [0.717, 1.165) is 19.3 Å². The van der Waals surface area contributed by atoms with E-state index < -0.39 is 12.1 Å². The zero-order valence-electron chi connectivity index (χ0n) is 20.2. The molecule has 4 rings (SSSR count). The zero-order valence-corrected chi connectivity index (χ0v) is 20.2.